The number of nitrogens with zero attached hydrogens (tertiary/aromatic N) is 3. The van der Waals surface area contributed by atoms with Crippen LogP contribution in [-0.2, 0) is 16.6 Å². The first-order valence-corrected chi connectivity index (χ1v) is 10.7. The van der Waals surface area contributed by atoms with Crippen molar-refractivity contribution in [3.05, 3.63) is 89.3 Å². The van der Waals surface area contributed by atoms with Crippen LogP contribution in [0.15, 0.2) is 77.8 Å². The zero-order chi connectivity index (χ0) is 21.1. The Morgan fingerprint density at radius 1 is 1.00 bits per heavy atom. The number of pyridine rings is 1. The Morgan fingerprint density at radius 2 is 1.80 bits per heavy atom. The predicted molar refractivity (Wildman–Crippen MR) is 113 cm³/mol. The number of amides is 1. The number of hydrogen-bond acceptors (Lipinski definition) is 5. The monoisotopic (exact) mass is 441 g/mol. The van der Waals surface area contributed by atoms with Gasteiger partial charge in [-0.3, -0.25) is 13.9 Å². The van der Waals surface area contributed by atoms with Crippen molar-refractivity contribution in [2.75, 3.05) is 4.72 Å². The van der Waals surface area contributed by atoms with Gasteiger partial charge in [0, 0.05) is 11.8 Å². The van der Waals surface area contributed by atoms with Crippen molar-refractivity contribution < 1.29 is 13.2 Å². The lowest BCUT2D eigenvalue weighted by atomic mass is 10.2. The molecule has 2 N–H and O–H groups in total. The number of nitrogens with one attached hydrogen (secondary N) is 2. The van der Waals surface area contributed by atoms with E-state index in [1.54, 1.807) is 40.9 Å². The van der Waals surface area contributed by atoms with Crippen molar-refractivity contribution >= 4 is 38.9 Å². The Labute approximate surface area is 177 Å². The Balaban J connectivity index is 1.51. The molecule has 0 aliphatic heterocycles. The van der Waals surface area contributed by atoms with Gasteiger partial charge in [-0.2, -0.15) is 0 Å². The number of sulfonamides is 1. The first kappa shape index (κ1) is 19.9. The summed E-state index contributed by atoms with van der Waals surface area (Å²) in [5.74, 6) is 0.126. The third kappa shape index (κ3) is 4.12. The quantitative estimate of drug-likeness (QED) is 0.478. The minimum Gasteiger partial charge on any atom is -0.345 e. The minimum absolute atomic E-state index is 0.0528. The number of benzene rings is 2. The van der Waals surface area contributed by atoms with Crippen LogP contribution in [0.25, 0.3) is 5.65 Å². The molecule has 0 bridgehead atoms. The Hall–Kier alpha value is -3.43. The fraction of sp³-hybridized carbons (Fsp3) is 0.0500. The van der Waals surface area contributed by atoms with Crippen molar-refractivity contribution in [2.45, 2.75) is 11.4 Å². The van der Waals surface area contributed by atoms with Gasteiger partial charge in [0.05, 0.1) is 22.2 Å². The van der Waals surface area contributed by atoms with Crippen molar-refractivity contribution in [2.24, 2.45) is 0 Å². The van der Waals surface area contributed by atoms with E-state index in [0.29, 0.717) is 11.5 Å². The molecule has 0 aliphatic carbocycles. The summed E-state index contributed by atoms with van der Waals surface area (Å²) in [6, 6.07) is 17.7. The van der Waals surface area contributed by atoms with E-state index in [1.165, 1.54) is 24.3 Å². The average Bonchev–Trinajstić information content (AvgIpc) is 3.17. The second-order valence-electron chi connectivity index (χ2n) is 6.34. The van der Waals surface area contributed by atoms with Crippen LogP contribution in [0.3, 0.4) is 0 Å². The SMILES string of the molecule is O=C(NCc1nnc2ccccn12)c1cccc(S(=O)(=O)Nc2ccccc2Cl)c1. The van der Waals surface area contributed by atoms with E-state index >= 15 is 0 Å². The molecule has 0 unspecified atom stereocenters. The van der Waals surface area contributed by atoms with E-state index in [-0.39, 0.29) is 27.7 Å². The summed E-state index contributed by atoms with van der Waals surface area (Å²) in [7, 11) is -3.92. The molecule has 30 heavy (non-hydrogen) atoms. The van der Waals surface area contributed by atoms with E-state index in [0.717, 1.165) is 0 Å². The molecule has 2 aromatic carbocycles. The van der Waals surface area contributed by atoms with Gasteiger partial charge >= 0.3 is 0 Å². The number of aromatic nitrogens is 3. The number of carbonyl (C=O) groups excluding carboxylic acids is 1. The zero-order valence-electron chi connectivity index (χ0n) is 15.5. The molecule has 152 valence electrons. The predicted octanol–water partition coefficient (Wildman–Crippen LogP) is 3.11. The summed E-state index contributed by atoms with van der Waals surface area (Å²) in [4.78, 5) is 12.5. The van der Waals surface area contributed by atoms with Gasteiger partial charge in [0.25, 0.3) is 15.9 Å². The van der Waals surface area contributed by atoms with Gasteiger partial charge in [-0.15, -0.1) is 10.2 Å². The molecule has 0 saturated heterocycles. The number of rotatable bonds is 6. The minimum atomic E-state index is -3.92. The zero-order valence-corrected chi connectivity index (χ0v) is 17.1. The molecular formula is C20H16ClN5O3S. The second-order valence-corrected chi connectivity index (χ2v) is 8.43. The fourth-order valence-electron chi connectivity index (χ4n) is 2.83. The maximum Gasteiger partial charge on any atom is 0.261 e. The van der Waals surface area contributed by atoms with Gasteiger partial charge in [-0.25, -0.2) is 8.42 Å². The van der Waals surface area contributed by atoms with Crippen LogP contribution in [-0.4, -0.2) is 28.9 Å². The molecule has 2 aromatic heterocycles. The molecular weight excluding hydrogens is 426 g/mol. The summed E-state index contributed by atoms with van der Waals surface area (Å²) in [6.07, 6.45) is 1.80. The van der Waals surface area contributed by atoms with Crippen molar-refractivity contribution in [3.8, 4) is 0 Å². The van der Waals surface area contributed by atoms with Gasteiger partial charge in [0.15, 0.2) is 11.5 Å². The first-order valence-electron chi connectivity index (χ1n) is 8.88. The van der Waals surface area contributed by atoms with Crippen molar-refractivity contribution in [1.29, 1.82) is 0 Å². The molecule has 0 saturated carbocycles. The number of hydrogen-bond donors (Lipinski definition) is 2. The first-order chi connectivity index (χ1) is 14.4. The molecule has 4 aromatic rings. The molecule has 0 fully saturated rings. The van der Waals surface area contributed by atoms with E-state index in [2.05, 4.69) is 20.2 Å². The number of anilines is 1. The lowest BCUT2D eigenvalue weighted by Crippen LogP contribution is -2.24. The summed E-state index contributed by atoms with van der Waals surface area (Å²) < 4.78 is 29.6. The lowest BCUT2D eigenvalue weighted by molar-refractivity contribution is 0.0949. The lowest BCUT2D eigenvalue weighted by Gasteiger charge is -2.11. The summed E-state index contributed by atoms with van der Waals surface area (Å²) in [5, 5.41) is 11.1. The number of halogens is 1. The Bertz CT molecular complexity index is 1340. The van der Waals surface area contributed by atoms with Crippen LogP contribution >= 0.6 is 11.6 Å². The van der Waals surface area contributed by atoms with E-state index in [1.807, 2.05) is 12.1 Å². The van der Waals surface area contributed by atoms with E-state index < -0.39 is 15.9 Å². The van der Waals surface area contributed by atoms with Crippen molar-refractivity contribution in [1.82, 2.24) is 19.9 Å². The smallest absolute Gasteiger partial charge is 0.261 e. The fourth-order valence-corrected chi connectivity index (χ4v) is 4.19. The number of fused-ring (bicyclic) bond motifs is 1. The summed E-state index contributed by atoms with van der Waals surface area (Å²) >= 11 is 6.03. The molecule has 0 radical (unpaired) electrons. The maximum absolute atomic E-state index is 12.7. The summed E-state index contributed by atoms with van der Waals surface area (Å²) in [5.41, 5.74) is 1.12. The van der Waals surface area contributed by atoms with Crippen LogP contribution in [0, 0.1) is 0 Å². The van der Waals surface area contributed by atoms with E-state index in [4.69, 9.17) is 11.6 Å². The Kier molecular flexibility index (Phi) is 5.39. The molecule has 1 amide bonds. The topological polar surface area (TPSA) is 105 Å². The molecule has 4 rings (SSSR count). The number of carbonyl (C=O) groups is 1. The van der Waals surface area contributed by atoms with Crippen LogP contribution < -0.4 is 10.0 Å². The van der Waals surface area contributed by atoms with Gasteiger partial charge in [0.1, 0.15) is 0 Å². The highest BCUT2D eigenvalue weighted by atomic mass is 35.5. The van der Waals surface area contributed by atoms with Crippen LogP contribution in [0.1, 0.15) is 16.2 Å². The average molecular weight is 442 g/mol. The van der Waals surface area contributed by atoms with E-state index in [9.17, 15) is 13.2 Å². The molecule has 10 heteroatoms. The molecule has 0 aliphatic rings. The van der Waals surface area contributed by atoms with Crippen molar-refractivity contribution in [3.63, 3.8) is 0 Å². The van der Waals surface area contributed by atoms with Gasteiger partial charge in [0.2, 0.25) is 0 Å². The standard InChI is InChI=1S/C20H16ClN5O3S/c21-16-8-1-2-9-17(16)25-30(28,29)15-7-5-6-14(12-15)20(27)22-13-19-24-23-18-10-3-4-11-26(18)19/h1-12,25H,13H2,(H,22,27). The number of para-hydroxylation sites is 1. The third-order valence-corrected chi connectivity index (χ3v) is 6.01. The molecule has 2 heterocycles. The van der Waals surface area contributed by atoms with Crippen LogP contribution in [0.2, 0.25) is 5.02 Å². The van der Waals surface area contributed by atoms with Crippen LogP contribution in [0.5, 0.6) is 0 Å². The summed E-state index contributed by atoms with van der Waals surface area (Å²) in [6.45, 7) is 0.138. The largest absolute Gasteiger partial charge is 0.345 e. The molecule has 0 spiro atoms. The normalized spacial score (nSPS) is 11.4. The highest BCUT2D eigenvalue weighted by Crippen LogP contribution is 2.24. The highest BCUT2D eigenvalue weighted by Gasteiger charge is 2.18. The van der Waals surface area contributed by atoms with Gasteiger partial charge in [-0.1, -0.05) is 35.9 Å². The van der Waals surface area contributed by atoms with Gasteiger partial charge < -0.3 is 5.32 Å². The highest BCUT2D eigenvalue weighted by molar-refractivity contribution is 7.92. The molecule has 0 atom stereocenters. The molecule has 8 nitrogen and oxygen atoms in total. The van der Waals surface area contributed by atoms with Crippen LogP contribution in [0.4, 0.5) is 5.69 Å². The maximum atomic E-state index is 12.7. The Morgan fingerprint density at radius 3 is 2.63 bits per heavy atom. The van der Waals surface area contributed by atoms with Gasteiger partial charge in [-0.05, 0) is 42.5 Å². The third-order valence-electron chi connectivity index (χ3n) is 4.32. The second kappa shape index (κ2) is 8.13.